The first-order valence-corrected chi connectivity index (χ1v) is 5.11. The van der Waals surface area contributed by atoms with Crippen LogP contribution in [0, 0.1) is 0 Å². The van der Waals surface area contributed by atoms with Gasteiger partial charge < -0.3 is 10.3 Å². The molecule has 0 aliphatic rings. The minimum atomic E-state index is -0.0620. The average Bonchev–Trinajstić information content (AvgIpc) is 2.78. The molecular formula is C12H16N2O. The fourth-order valence-corrected chi connectivity index (χ4v) is 1.41. The number of amides is 1. The van der Waals surface area contributed by atoms with Gasteiger partial charge in [0, 0.05) is 18.6 Å². The maximum absolute atomic E-state index is 11.4. The molecule has 0 aliphatic heterocycles. The second kappa shape index (κ2) is 5.20. The van der Waals surface area contributed by atoms with Crippen molar-refractivity contribution in [2.45, 2.75) is 13.8 Å². The van der Waals surface area contributed by atoms with Crippen LogP contribution in [0.25, 0.3) is 10.9 Å². The molecule has 2 aromatic rings. The Bertz CT molecular complexity index is 446. The van der Waals surface area contributed by atoms with Crippen LogP contribution < -0.4 is 5.32 Å². The number of para-hydroxylation sites is 1. The second-order valence-electron chi connectivity index (χ2n) is 2.83. The molecule has 0 saturated heterocycles. The van der Waals surface area contributed by atoms with Gasteiger partial charge in [-0.05, 0) is 12.1 Å². The Morgan fingerprint density at radius 3 is 2.67 bits per heavy atom. The van der Waals surface area contributed by atoms with E-state index in [1.165, 1.54) is 0 Å². The van der Waals surface area contributed by atoms with Gasteiger partial charge in [-0.15, -0.1) is 0 Å². The smallest absolute Gasteiger partial charge is 0.253 e. The second-order valence-corrected chi connectivity index (χ2v) is 2.83. The normalized spacial score (nSPS) is 9.27. The number of carbonyl (C=O) groups excluding carboxylic acids is 1. The number of benzene rings is 1. The molecule has 0 spiro atoms. The zero-order chi connectivity index (χ0) is 11.3. The lowest BCUT2D eigenvalue weighted by molar-refractivity contribution is 0.0964. The Kier molecular flexibility index (Phi) is 3.92. The molecule has 1 heterocycles. The van der Waals surface area contributed by atoms with Crippen molar-refractivity contribution in [1.82, 2.24) is 10.3 Å². The summed E-state index contributed by atoms with van der Waals surface area (Å²) in [5.74, 6) is -0.0620. The molecule has 0 unspecified atom stereocenters. The lowest BCUT2D eigenvalue weighted by atomic mass is 10.1. The number of nitrogens with one attached hydrogen (secondary N) is 2. The zero-order valence-corrected chi connectivity index (χ0v) is 9.29. The Morgan fingerprint density at radius 1 is 1.27 bits per heavy atom. The number of carbonyl (C=O) groups is 1. The van der Waals surface area contributed by atoms with Crippen molar-refractivity contribution in [2.24, 2.45) is 0 Å². The predicted molar refractivity (Wildman–Crippen MR) is 63.0 cm³/mol. The molecule has 0 radical (unpaired) electrons. The molecule has 80 valence electrons. The van der Waals surface area contributed by atoms with Crippen molar-refractivity contribution >= 4 is 16.8 Å². The van der Waals surface area contributed by atoms with Gasteiger partial charge in [-0.1, -0.05) is 26.0 Å². The molecule has 0 atom stereocenters. The standard InChI is InChI=1S/C10H10N2O.C2H6/c1-11-10(13)8-4-2-3-7-5-6-12-9(7)8;1-2/h2-6,12H,1H3,(H,11,13);1-2H3. The highest BCUT2D eigenvalue weighted by Crippen LogP contribution is 2.16. The maximum atomic E-state index is 11.4. The summed E-state index contributed by atoms with van der Waals surface area (Å²) in [5, 5.41) is 3.66. The van der Waals surface area contributed by atoms with E-state index in [1.807, 2.05) is 38.2 Å². The summed E-state index contributed by atoms with van der Waals surface area (Å²) >= 11 is 0. The number of aromatic amines is 1. The Hall–Kier alpha value is -1.77. The molecular weight excluding hydrogens is 188 g/mol. The largest absolute Gasteiger partial charge is 0.361 e. The summed E-state index contributed by atoms with van der Waals surface area (Å²) in [6.45, 7) is 4.00. The van der Waals surface area contributed by atoms with Crippen molar-refractivity contribution in [3.63, 3.8) is 0 Å². The van der Waals surface area contributed by atoms with Gasteiger partial charge >= 0.3 is 0 Å². The van der Waals surface area contributed by atoms with E-state index in [-0.39, 0.29) is 5.91 Å². The van der Waals surface area contributed by atoms with Crippen molar-refractivity contribution in [3.05, 3.63) is 36.0 Å². The van der Waals surface area contributed by atoms with E-state index in [0.717, 1.165) is 10.9 Å². The molecule has 0 bridgehead atoms. The van der Waals surface area contributed by atoms with Gasteiger partial charge in [-0.3, -0.25) is 4.79 Å². The van der Waals surface area contributed by atoms with Gasteiger partial charge in [0.1, 0.15) is 0 Å². The summed E-state index contributed by atoms with van der Waals surface area (Å²) in [4.78, 5) is 14.4. The molecule has 0 fully saturated rings. The van der Waals surface area contributed by atoms with E-state index in [0.29, 0.717) is 5.56 Å². The minimum Gasteiger partial charge on any atom is -0.361 e. The maximum Gasteiger partial charge on any atom is 0.253 e. The first kappa shape index (κ1) is 11.3. The monoisotopic (exact) mass is 204 g/mol. The molecule has 2 N–H and O–H groups in total. The summed E-state index contributed by atoms with van der Waals surface area (Å²) < 4.78 is 0. The summed E-state index contributed by atoms with van der Waals surface area (Å²) in [7, 11) is 1.63. The van der Waals surface area contributed by atoms with Crippen LogP contribution in [0.1, 0.15) is 24.2 Å². The van der Waals surface area contributed by atoms with Crippen molar-refractivity contribution in [3.8, 4) is 0 Å². The average molecular weight is 204 g/mol. The fourth-order valence-electron chi connectivity index (χ4n) is 1.41. The van der Waals surface area contributed by atoms with Gasteiger partial charge in [0.2, 0.25) is 0 Å². The molecule has 2 rings (SSSR count). The van der Waals surface area contributed by atoms with Crippen LogP contribution in [0.2, 0.25) is 0 Å². The molecule has 1 amide bonds. The predicted octanol–water partition coefficient (Wildman–Crippen LogP) is 2.55. The molecule has 3 nitrogen and oxygen atoms in total. The number of aromatic nitrogens is 1. The van der Waals surface area contributed by atoms with Gasteiger partial charge in [-0.2, -0.15) is 0 Å². The first-order valence-electron chi connectivity index (χ1n) is 5.11. The van der Waals surface area contributed by atoms with E-state index in [9.17, 15) is 4.79 Å². The summed E-state index contributed by atoms with van der Waals surface area (Å²) in [5.41, 5.74) is 1.58. The number of hydrogen-bond acceptors (Lipinski definition) is 1. The van der Waals surface area contributed by atoms with Crippen LogP contribution in [0.5, 0.6) is 0 Å². The quantitative estimate of drug-likeness (QED) is 0.736. The van der Waals surface area contributed by atoms with Crippen molar-refractivity contribution in [2.75, 3.05) is 7.05 Å². The van der Waals surface area contributed by atoms with Gasteiger partial charge in [0.05, 0.1) is 11.1 Å². The third kappa shape index (κ3) is 2.18. The van der Waals surface area contributed by atoms with E-state index in [1.54, 1.807) is 13.1 Å². The van der Waals surface area contributed by atoms with Crippen LogP contribution in [0.4, 0.5) is 0 Å². The van der Waals surface area contributed by atoms with Crippen molar-refractivity contribution in [1.29, 1.82) is 0 Å². The van der Waals surface area contributed by atoms with Gasteiger partial charge in [0.15, 0.2) is 0 Å². The highest BCUT2D eigenvalue weighted by atomic mass is 16.1. The highest BCUT2D eigenvalue weighted by molar-refractivity contribution is 6.05. The Labute approximate surface area is 89.5 Å². The van der Waals surface area contributed by atoms with E-state index < -0.39 is 0 Å². The third-order valence-corrected chi connectivity index (χ3v) is 2.06. The summed E-state index contributed by atoms with van der Waals surface area (Å²) in [6, 6.07) is 7.60. The molecule has 3 heteroatoms. The van der Waals surface area contributed by atoms with E-state index >= 15 is 0 Å². The van der Waals surface area contributed by atoms with E-state index in [4.69, 9.17) is 0 Å². The molecule has 0 aliphatic carbocycles. The van der Waals surface area contributed by atoms with Crippen LogP contribution in [0.3, 0.4) is 0 Å². The molecule has 15 heavy (non-hydrogen) atoms. The fraction of sp³-hybridized carbons (Fsp3) is 0.250. The topological polar surface area (TPSA) is 44.9 Å². The number of hydrogen-bond donors (Lipinski definition) is 2. The Balaban J connectivity index is 0.000000531. The van der Waals surface area contributed by atoms with E-state index in [2.05, 4.69) is 10.3 Å². The number of H-pyrrole nitrogens is 1. The van der Waals surface area contributed by atoms with Gasteiger partial charge in [-0.25, -0.2) is 0 Å². The van der Waals surface area contributed by atoms with Crippen LogP contribution in [-0.2, 0) is 0 Å². The first-order chi connectivity index (χ1) is 7.33. The summed E-state index contributed by atoms with van der Waals surface area (Å²) in [6.07, 6.45) is 1.83. The molecule has 1 aromatic heterocycles. The lowest BCUT2D eigenvalue weighted by Gasteiger charge is -2.00. The van der Waals surface area contributed by atoms with Crippen LogP contribution in [0.15, 0.2) is 30.5 Å². The Morgan fingerprint density at radius 2 is 2.00 bits per heavy atom. The number of rotatable bonds is 1. The zero-order valence-electron chi connectivity index (χ0n) is 9.29. The third-order valence-electron chi connectivity index (χ3n) is 2.06. The lowest BCUT2D eigenvalue weighted by Crippen LogP contribution is -2.17. The van der Waals surface area contributed by atoms with Crippen LogP contribution in [-0.4, -0.2) is 17.9 Å². The van der Waals surface area contributed by atoms with Crippen LogP contribution >= 0.6 is 0 Å². The highest BCUT2D eigenvalue weighted by Gasteiger charge is 2.07. The SMILES string of the molecule is CC.CNC(=O)c1cccc2cc[nH]c12. The molecule has 1 aromatic carbocycles. The molecule has 0 saturated carbocycles. The van der Waals surface area contributed by atoms with Gasteiger partial charge in [0.25, 0.3) is 5.91 Å². The number of fused-ring (bicyclic) bond motifs is 1. The van der Waals surface area contributed by atoms with Crippen molar-refractivity contribution < 1.29 is 4.79 Å². The minimum absolute atomic E-state index is 0.0620.